The maximum atomic E-state index is 11.7. The van der Waals surface area contributed by atoms with Crippen molar-refractivity contribution in [3.05, 3.63) is 24.3 Å². The van der Waals surface area contributed by atoms with E-state index >= 15 is 0 Å². The molecule has 1 aromatic heterocycles. The quantitative estimate of drug-likeness (QED) is 0.877. The number of fused-ring (bicyclic) bond motifs is 1. The van der Waals surface area contributed by atoms with Crippen LogP contribution in [0.5, 0.6) is 0 Å². The number of aliphatic carboxylic acids is 1. The number of oxazole rings is 1. The third-order valence-electron chi connectivity index (χ3n) is 2.12. The molecule has 90 valence electrons. The van der Waals surface area contributed by atoms with Crippen molar-refractivity contribution in [2.45, 2.75) is 11.6 Å². The van der Waals surface area contributed by atoms with Crippen molar-refractivity contribution in [2.24, 2.45) is 0 Å². The number of nitrogens with zero attached hydrogens (tertiary/aromatic N) is 1. The van der Waals surface area contributed by atoms with Crippen molar-refractivity contribution in [3.8, 4) is 0 Å². The second-order valence-electron chi connectivity index (χ2n) is 3.41. The average molecular weight is 255 g/mol. The predicted molar refractivity (Wildman–Crippen MR) is 58.3 cm³/mol. The van der Waals surface area contributed by atoms with E-state index in [9.17, 15) is 13.2 Å². The lowest BCUT2D eigenvalue weighted by Gasteiger charge is -1.95. The highest BCUT2D eigenvalue weighted by atomic mass is 32.2. The Morgan fingerprint density at radius 1 is 1.35 bits per heavy atom. The van der Waals surface area contributed by atoms with Crippen molar-refractivity contribution in [1.29, 1.82) is 0 Å². The zero-order valence-electron chi connectivity index (χ0n) is 8.66. The number of benzene rings is 1. The molecule has 1 N–H and O–H groups in total. The Balaban J connectivity index is 2.35. The summed E-state index contributed by atoms with van der Waals surface area (Å²) in [6.45, 7) is 0. The predicted octanol–water partition coefficient (Wildman–Crippen LogP) is 1.08. The summed E-state index contributed by atoms with van der Waals surface area (Å²) in [5.74, 6) is -1.69. The molecule has 0 unspecified atom stereocenters. The van der Waals surface area contributed by atoms with Crippen LogP contribution in [-0.4, -0.2) is 30.2 Å². The maximum absolute atomic E-state index is 11.7. The van der Waals surface area contributed by atoms with Crippen molar-refractivity contribution in [2.75, 3.05) is 5.75 Å². The highest BCUT2D eigenvalue weighted by Gasteiger charge is 2.22. The summed E-state index contributed by atoms with van der Waals surface area (Å²) in [7, 11) is -3.78. The summed E-state index contributed by atoms with van der Waals surface area (Å²) in [6, 6.07) is 6.62. The van der Waals surface area contributed by atoms with Gasteiger partial charge in [-0.05, 0) is 12.1 Å². The van der Waals surface area contributed by atoms with Crippen LogP contribution in [0.1, 0.15) is 6.42 Å². The number of carboxylic acids is 1. The number of para-hydroxylation sites is 2. The van der Waals surface area contributed by atoms with Crippen LogP contribution in [0.2, 0.25) is 0 Å². The van der Waals surface area contributed by atoms with Crippen molar-refractivity contribution in [3.63, 3.8) is 0 Å². The molecule has 0 bridgehead atoms. The van der Waals surface area contributed by atoms with Gasteiger partial charge in [0, 0.05) is 0 Å². The molecule has 0 aliphatic heterocycles. The van der Waals surface area contributed by atoms with Crippen molar-refractivity contribution in [1.82, 2.24) is 4.98 Å². The van der Waals surface area contributed by atoms with Crippen LogP contribution < -0.4 is 0 Å². The number of rotatable bonds is 4. The molecule has 1 aromatic carbocycles. The van der Waals surface area contributed by atoms with Crippen LogP contribution in [0.3, 0.4) is 0 Å². The van der Waals surface area contributed by atoms with Crippen LogP contribution in [0.25, 0.3) is 11.1 Å². The van der Waals surface area contributed by atoms with E-state index in [1.807, 2.05) is 0 Å². The molecule has 0 radical (unpaired) electrons. The van der Waals surface area contributed by atoms with Crippen molar-refractivity contribution < 1.29 is 22.7 Å². The first kappa shape index (κ1) is 11.6. The van der Waals surface area contributed by atoms with Gasteiger partial charge in [-0.25, -0.2) is 8.42 Å². The lowest BCUT2D eigenvalue weighted by Crippen LogP contribution is -2.11. The standard InChI is InChI=1S/C10H9NO5S/c12-9(13)5-6-17(14,15)10-11-7-3-1-2-4-8(7)16-10/h1-4H,5-6H2,(H,12,13). The number of hydrogen-bond donors (Lipinski definition) is 1. The maximum Gasteiger partial charge on any atom is 0.316 e. The van der Waals surface area contributed by atoms with Gasteiger partial charge in [-0.3, -0.25) is 4.79 Å². The highest BCUT2D eigenvalue weighted by molar-refractivity contribution is 7.91. The minimum absolute atomic E-state index is 0.362. The molecule has 0 saturated heterocycles. The summed E-state index contributed by atoms with van der Waals surface area (Å²) in [6.07, 6.45) is -0.471. The summed E-state index contributed by atoms with van der Waals surface area (Å²) in [4.78, 5) is 14.1. The molecule has 0 spiro atoms. The molecule has 0 fully saturated rings. The van der Waals surface area contributed by atoms with Gasteiger partial charge >= 0.3 is 11.2 Å². The van der Waals surface area contributed by atoms with Crippen LogP contribution in [0, 0.1) is 0 Å². The Morgan fingerprint density at radius 3 is 2.71 bits per heavy atom. The highest BCUT2D eigenvalue weighted by Crippen LogP contribution is 2.19. The minimum Gasteiger partial charge on any atom is -0.481 e. The van der Waals surface area contributed by atoms with Gasteiger partial charge in [-0.1, -0.05) is 12.1 Å². The SMILES string of the molecule is O=C(O)CCS(=O)(=O)c1nc2ccccc2o1. The average Bonchev–Trinajstić information content (AvgIpc) is 2.71. The Kier molecular flexibility index (Phi) is 2.84. The van der Waals surface area contributed by atoms with E-state index < -0.39 is 33.2 Å². The summed E-state index contributed by atoms with van der Waals surface area (Å²) < 4.78 is 28.4. The Hall–Kier alpha value is -1.89. The smallest absolute Gasteiger partial charge is 0.316 e. The Labute approximate surface area is 96.8 Å². The molecule has 2 aromatic rings. The van der Waals surface area contributed by atoms with Crippen LogP contribution in [-0.2, 0) is 14.6 Å². The molecule has 6 nitrogen and oxygen atoms in total. The molecular formula is C10H9NO5S. The molecular weight excluding hydrogens is 246 g/mol. The zero-order valence-corrected chi connectivity index (χ0v) is 9.48. The van der Waals surface area contributed by atoms with Gasteiger partial charge in [-0.2, -0.15) is 4.98 Å². The third kappa shape index (κ3) is 2.44. The minimum atomic E-state index is -3.78. The molecule has 0 aliphatic rings. The first-order valence-corrected chi connectivity index (χ1v) is 6.44. The molecule has 0 amide bonds. The van der Waals surface area contributed by atoms with Crippen LogP contribution >= 0.6 is 0 Å². The lowest BCUT2D eigenvalue weighted by atomic mass is 10.3. The van der Waals surface area contributed by atoms with Gasteiger partial charge in [0.2, 0.25) is 9.84 Å². The van der Waals surface area contributed by atoms with E-state index in [4.69, 9.17) is 9.52 Å². The van der Waals surface area contributed by atoms with Crippen LogP contribution in [0.4, 0.5) is 0 Å². The van der Waals surface area contributed by atoms with E-state index in [1.165, 1.54) is 0 Å². The Morgan fingerprint density at radius 2 is 2.06 bits per heavy atom. The summed E-state index contributed by atoms with van der Waals surface area (Å²) in [5, 5.41) is 8.02. The Bertz CT molecular complexity index is 625. The fraction of sp³-hybridized carbons (Fsp3) is 0.200. The van der Waals surface area contributed by atoms with Crippen LogP contribution in [0.15, 0.2) is 33.9 Å². The first-order valence-electron chi connectivity index (χ1n) is 4.79. The van der Waals surface area contributed by atoms with Gasteiger partial charge in [-0.15, -0.1) is 0 Å². The van der Waals surface area contributed by atoms with Gasteiger partial charge in [0.25, 0.3) is 0 Å². The summed E-state index contributed by atoms with van der Waals surface area (Å²) in [5.41, 5.74) is 0.794. The number of hydrogen-bond acceptors (Lipinski definition) is 5. The topological polar surface area (TPSA) is 97.5 Å². The molecule has 0 aliphatic carbocycles. The molecule has 0 saturated carbocycles. The normalized spacial score (nSPS) is 11.8. The number of aromatic nitrogens is 1. The van der Waals surface area contributed by atoms with Crippen molar-refractivity contribution >= 4 is 26.9 Å². The number of sulfone groups is 1. The first-order chi connectivity index (χ1) is 7.99. The summed E-state index contributed by atoms with van der Waals surface area (Å²) >= 11 is 0. The van der Waals surface area contributed by atoms with E-state index in [1.54, 1.807) is 24.3 Å². The second-order valence-corrected chi connectivity index (χ2v) is 5.40. The van der Waals surface area contributed by atoms with E-state index in [-0.39, 0.29) is 0 Å². The van der Waals surface area contributed by atoms with E-state index in [0.717, 1.165) is 0 Å². The number of carboxylic acid groups (broad SMARTS) is 1. The van der Waals surface area contributed by atoms with Gasteiger partial charge in [0.15, 0.2) is 5.58 Å². The van der Waals surface area contributed by atoms with E-state index in [0.29, 0.717) is 11.1 Å². The molecule has 17 heavy (non-hydrogen) atoms. The molecule has 2 rings (SSSR count). The molecule has 1 heterocycles. The lowest BCUT2D eigenvalue weighted by molar-refractivity contribution is -0.136. The molecule has 7 heteroatoms. The van der Waals surface area contributed by atoms with E-state index in [2.05, 4.69) is 4.98 Å². The zero-order chi connectivity index (χ0) is 12.5. The largest absolute Gasteiger partial charge is 0.481 e. The second kappa shape index (κ2) is 4.17. The monoisotopic (exact) mass is 255 g/mol. The third-order valence-corrected chi connectivity index (χ3v) is 3.57. The fourth-order valence-electron chi connectivity index (χ4n) is 1.29. The van der Waals surface area contributed by atoms with Gasteiger partial charge in [0.1, 0.15) is 5.52 Å². The van der Waals surface area contributed by atoms with Gasteiger partial charge < -0.3 is 9.52 Å². The van der Waals surface area contributed by atoms with Gasteiger partial charge in [0.05, 0.1) is 12.2 Å². The molecule has 0 atom stereocenters. The number of carbonyl (C=O) groups is 1. The fourth-order valence-corrected chi connectivity index (χ4v) is 2.37.